The van der Waals surface area contributed by atoms with Crippen LogP contribution in [0.15, 0.2) is 22.7 Å². The molecular formula is C12H16BrNO2. The van der Waals surface area contributed by atoms with Crippen LogP contribution in [0.4, 0.5) is 0 Å². The molecule has 1 fully saturated rings. The molecule has 2 N–H and O–H groups in total. The Labute approximate surface area is 104 Å². The number of halogens is 1. The zero-order valence-electron chi connectivity index (χ0n) is 9.28. The number of benzene rings is 1. The molecule has 2 rings (SSSR count). The molecule has 0 aliphatic carbocycles. The van der Waals surface area contributed by atoms with Gasteiger partial charge in [0.05, 0.1) is 13.2 Å². The van der Waals surface area contributed by atoms with Gasteiger partial charge in [-0.2, -0.15) is 0 Å². The lowest BCUT2D eigenvalue weighted by atomic mass is 10.1. The van der Waals surface area contributed by atoms with Crippen molar-refractivity contribution in [2.45, 2.75) is 25.5 Å². The summed E-state index contributed by atoms with van der Waals surface area (Å²) in [5, 5.41) is 0. The van der Waals surface area contributed by atoms with E-state index in [9.17, 15) is 0 Å². The molecule has 0 saturated carbocycles. The van der Waals surface area contributed by atoms with Gasteiger partial charge in [-0.3, -0.25) is 0 Å². The van der Waals surface area contributed by atoms with E-state index in [0.29, 0.717) is 6.61 Å². The van der Waals surface area contributed by atoms with E-state index >= 15 is 0 Å². The summed E-state index contributed by atoms with van der Waals surface area (Å²) in [6.07, 6.45) is 1.15. The predicted molar refractivity (Wildman–Crippen MR) is 66.6 cm³/mol. The van der Waals surface area contributed by atoms with Gasteiger partial charge in [0, 0.05) is 16.9 Å². The first kappa shape index (κ1) is 11.9. The molecule has 16 heavy (non-hydrogen) atoms. The van der Waals surface area contributed by atoms with Gasteiger partial charge in [0.15, 0.2) is 0 Å². The minimum atomic E-state index is 0.0261. The largest absolute Gasteiger partial charge is 0.488 e. The number of hydrogen-bond donors (Lipinski definition) is 1. The second-order valence-corrected chi connectivity index (χ2v) is 4.93. The summed E-state index contributed by atoms with van der Waals surface area (Å²) < 4.78 is 12.1. The molecule has 2 atom stereocenters. The van der Waals surface area contributed by atoms with Crippen molar-refractivity contribution in [3.8, 4) is 5.75 Å². The van der Waals surface area contributed by atoms with Crippen LogP contribution in [0.1, 0.15) is 24.9 Å². The van der Waals surface area contributed by atoms with Crippen molar-refractivity contribution in [1.82, 2.24) is 0 Å². The topological polar surface area (TPSA) is 44.5 Å². The standard InChI is InChI=1S/C12H16BrNO2/c1-8(14)11-3-2-9(6-12(11)13)16-10-4-5-15-7-10/h2-3,6,8,10H,4-5,7,14H2,1H3/t8-,10?/m0/s1. The Morgan fingerprint density at radius 2 is 2.38 bits per heavy atom. The van der Waals surface area contributed by atoms with E-state index in [2.05, 4.69) is 15.9 Å². The fraction of sp³-hybridized carbons (Fsp3) is 0.500. The van der Waals surface area contributed by atoms with E-state index in [0.717, 1.165) is 28.8 Å². The van der Waals surface area contributed by atoms with Crippen LogP contribution in [0.2, 0.25) is 0 Å². The molecule has 88 valence electrons. The highest BCUT2D eigenvalue weighted by Gasteiger charge is 2.17. The van der Waals surface area contributed by atoms with E-state index in [1.807, 2.05) is 25.1 Å². The van der Waals surface area contributed by atoms with Gasteiger partial charge in [-0.15, -0.1) is 0 Å². The summed E-state index contributed by atoms with van der Waals surface area (Å²) in [5.74, 6) is 0.867. The smallest absolute Gasteiger partial charge is 0.124 e. The lowest BCUT2D eigenvalue weighted by molar-refractivity contribution is 0.141. The molecule has 0 amide bonds. The van der Waals surface area contributed by atoms with Crippen LogP contribution in [0.25, 0.3) is 0 Å². The third-order valence-electron chi connectivity index (χ3n) is 2.65. The molecule has 0 radical (unpaired) electrons. The Hall–Kier alpha value is -0.580. The van der Waals surface area contributed by atoms with Crippen molar-refractivity contribution in [3.05, 3.63) is 28.2 Å². The van der Waals surface area contributed by atoms with Crippen molar-refractivity contribution in [2.75, 3.05) is 13.2 Å². The van der Waals surface area contributed by atoms with Gasteiger partial charge in [0.25, 0.3) is 0 Å². The Kier molecular flexibility index (Phi) is 3.84. The molecule has 1 aromatic carbocycles. The molecule has 3 nitrogen and oxygen atoms in total. The Bertz CT molecular complexity index is 362. The first-order chi connectivity index (χ1) is 7.66. The lowest BCUT2D eigenvalue weighted by Gasteiger charge is -2.14. The van der Waals surface area contributed by atoms with Crippen LogP contribution in [0.3, 0.4) is 0 Å². The van der Waals surface area contributed by atoms with Crippen molar-refractivity contribution in [3.63, 3.8) is 0 Å². The third-order valence-corrected chi connectivity index (χ3v) is 3.34. The van der Waals surface area contributed by atoms with Crippen LogP contribution in [-0.4, -0.2) is 19.3 Å². The van der Waals surface area contributed by atoms with Gasteiger partial charge in [-0.1, -0.05) is 22.0 Å². The zero-order chi connectivity index (χ0) is 11.5. The van der Waals surface area contributed by atoms with Crippen LogP contribution >= 0.6 is 15.9 Å². The lowest BCUT2D eigenvalue weighted by Crippen LogP contribution is -2.15. The van der Waals surface area contributed by atoms with E-state index < -0.39 is 0 Å². The highest BCUT2D eigenvalue weighted by atomic mass is 79.9. The van der Waals surface area contributed by atoms with Gasteiger partial charge < -0.3 is 15.2 Å². The maximum absolute atomic E-state index is 5.84. The molecule has 1 unspecified atom stereocenters. The number of ether oxygens (including phenoxy) is 2. The number of hydrogen-bond acceptors (Lipinski definition) is 3. The van der Waals surface area contributed by atoms with E-state index in [4.69, 9.17) is 15.2 Å². The summed E-state index contributed by atoms with van der Waals surface area (Å²) in [5.41, 5.74) is 6.93. The van der Waals surface area contributed by atoms with Crippen LogP contribution in [0.5, 0.6) is 5.75 Å². The normalized spacial score (nSPS) is 22.1. The minimum Gasteiger partial charge on any atom is -0.488 e. The minimum absolute atomic E-state index is 0.0261. The summed E-state index contributed by atoms with van der Waals surface area (Å²) in [4.78, 5) is 0. The fourth-order valence-corrected chi connectivity index (χ4v) is 2.47. The molecule has 0 bridgehead atoms. The molecule has 0 aromatic heterocycles. The summed E-state index contributed by atoms with van der Waals surface area (Å²) in [6, 6.07) is 5.96. The summed E-state index contributed by atoms with van der Waals surface area (Å²) in [6.45, 7) is 3.45. The van der Waals surface area contributed by atoms with Crippen molar-refractivity contribution < 1.29 is 9.47 Å². The molecule has 1 aliphatic rings. The van der Waals surface area contributed by atoms with Crippen molar-refractivity contribution >= 4 is 15.9 Å². The SMILES string of the molecule is C[C@H](N)c1ccc(OC2CCOC2)cc1Br. The van der Waals surface area contributed by atoms with E-state index in [1.165, 1.54) is 0 Å². The Balaban J connectivity index is 2.08. The third kappa shape index (κ3) is 2.75. The van der Waals surface area contributed by atoms with Crippen LogP contribution in [-0.2, 0) is 4.74 Å². The highest BCUT2D eigenvalue weighted by Crippen LogP contribution is 2.27. The molecule has 0 spiro atoms. The van der Waals surface area contributed by atoms with Crippen LogP contribution < -0.4 is 10.5 Å². The van der Waals surface area contributed by atoms with Gasteiger partial charge in [0.2, 0.25) is 0 Å². The molecular weight excluding hydrogens is 270 g/mol. The van der Waals surface area contributed by atoms with Crippen molar-refractivity contribution in [1.29, 1.82) is 0 Å². The average Bonchev–Trinajstić information content (AvgIpc) is 2.70. The first-order valence-electron chi connectivity index (χ1n) is 5.46. The maximum Gasteiger partial charge on any atom is 0.124 e. The second kappa shape index (κ2) is 5.17. The monoisotopic (exact) mass is 285 g/mol. The highest BCUT2D eigenvalue weighted by molar-refractivity contribution is 9.10. The molecule has 1 aliphatic heterocycles. The van der Waals surface area contributed by atoms with Gasteiger partial charge in [-0.25, -0.2) is 0 Å². The molecule has 1 aromatic rings. The van der Waals surface area contributed by atoms with Gasteiger partial charge in [0.1, 0.15) is 11.9 Å². The van der Waals surface area contributed by atoms with E-state index in [-0.39, 0.29) is 12.1 Å². The predicted octanol–water partition coefficient (Wildman–Crippen LogP) is 2.64. The zero-order valence-corrected chi connectivity index (χ0v) is 10.9. The number of rotatable bonds is 3. The molecule has 1 heterocycles. The van der Waals surface area contributed by atoms with Gasteiger partial charge >= 0.3 is 0 Å². The van der Waals surface area contributed by atoms with E-state index in [1.54, 1.807) is 0 Å². The van der Waals surface area contributed by atoms with Crippen molar-refractivity contribution in [2.24, 2.45) is 5.73 Å². The Morgan fingerprint density at radius 3 is 2.94 bits per heavy atom. The summed E-state index contributed by atoms with van der Waals surface area (Å²) >= 11 is 3.51. The second-order valence-electron chi connectivity index (χ2n) is 4.08. The first-order valence-corrected chi connectivity index (χ1v) is 6.25. The Morgan fingerprint density at radius 1 is 1.56 bits per heavy atom. The number of nitrogens with two attached hydrogens (primary N) is 1. The maximum atomic E-state index is 5.84. The quantitative estimate of drug-likeness (QED) is 0.929. The summed E-state index contributed by atoms with van der Waals surface area (Å²) in [7, 11) is 0. The average molecular weight is 286 g/mol. The molecule has 1 saturated heterocycles. The molecule has 4 heteroatoms. The van der Waals surface area contributed by atoms with Crippen LogP contribution in [0, 0.1) is 0 Å². The van der Waals surface area contributed by atoms with Gasteiger partial charge in [-0.05, 0) is 24.6 Å². The fourth-order valence-electron chi connectivity index (χ4n) is 1.75.